The fraction of sp³-hybridized carbons (Fsp3) is 0.958. The summed E-state index contributed by atoms with van der Waals surface area (Å²) >= 11 is 0. The van der Waals surface area contributed by atoms with Gasteiger partial charge in [-0.2, -0.15) is 0 Å². The van der Waals surface area contributed by atoms with Crippen LogP contribution >= 0.6 is 0 Å². The van der Waals surface area contributed by atoms with Crippen molar-refractivity contribution < 1.29 is 0 Å². The monoisotopic (exact) mass is 337 g/mol. The fourth-order valence-corrected chi connectivity index (χ4v) is 4.01. The van der Waals surface area contributed by atoms with E-state index in [1.165, 1.54) is 83.5 Å². The third-order valence-corrected chi connectivity index (χ3v) is 6.60. The largest absolute Gasteiger partial charge is 0.0651 e. The van der Waals surface area contributed by atoms with Gasteiger partial charge in [0.1, 0.15) is 0 Å². The van der Waals surface area contributed by atoms with E-state index in [2.05, 4.69) is 41.5 Å². The molecule has 0 N–H and O–H groups in total. The molecule has 0 aliphatic heterocycles. The molecule has 24 heavy (non-hydrogen) atoms. The van der Waals surface area contributed by atoms with Crippen LogP contribution in [0.1, 0.15) is 125 Å². The van der Waals surface area contributed by atoms with Crippen molar-refractivity contribution in [3.63, 3.8) is 0 Å². The minimum absolute atomic E-state index is 0.873. The Morgan fingerprint density at radius 1 is 0.542 bits per heavy atom. The SMILES string of the molecule is [CH2]CC(CC)CCCC(CC)CCCC(CC)CCCC(C)CC. The zero-order chi connectivity index (χ0) is 18.2. The van der Waals surface area contributed by atoms with Gasteiger partial charge >= 0.3 is 0 Å². The molecule has 0 nitrogen and oxygen atoms in total. The first-order chi connectivity index (χ1) is 11.6. The van der Waals surface area contributed by atoms with Crippen LogP contribution in [0, 0.1) is 30.6 Å². The highest BCUT2D eigenvalue weighted by molar-refractivity contribution is 4.65. The lowest BCUT2D eigenvalue weighted by atomic mass is 9.86. The molecule has 0 saturated carbocycles. The first-order valence-corrected chi connectivity index (χ1v) is 11.4. The smallest absolute Gasteiger partial charge is 0.0417 e. The van der Waals surface area contributed by atoms with E-state index in [4.69, 9.17) is 0 Å². The van der Waals surface area contributed by atoms with Crippen LogP contribution in [0.3, 0.4) is 0 Å². The molecule has 0 saturated heterocycles. The van der Waals surface area contributed by atoms with Gasteiger partial charge in [-0.05, 0) is 23.7 Å². The average molecular weight is 338 g/mol. The fourth-order valence-electron chi connectivity index (χ4n) is 4.01. The molecule has 0 spiro atoms. The second-order valence-electron chi connectivity index (χ2n) is 8.42. The van der Waals surface area contributed by atoms with Crippen LogP contribution in [0.2, 0.25) is 0 Å². The van der Waals surface area contributed by atoms with E-state index in [-0.39, 0.29) is 0 Å². The van der Waals surface area contributed by atoms with Crippen molar-refractivity contribution in [2.75, 3.05) is 0 Å². The minimum atomic E-state index is 0.873. The van der Waals surface area contributed by atoms with Crippen molar-refractivity contribution in [3.05, 3.63) is 6.92 Å². The summed E-state index contributed by atoms with van der Waals surface area (Å²) < 4.78 is 0. The van der Waals surface area contributed by atoms with Crippen molar-refractivity contribution in [1.82, 2.24) is 0 Å². The van der Waals surface area contributed by atoms with Gasteiger partial charge < -0.3 is 0 Å². The molecule has 0 heteroatoms. The molecule has 145 valence electrons. The predicted molar refractivity (Wildman–Crippen MR) is 112 cm³/mol. The van der Waals surface area contributed by atoms with Crippen LogP contribution in [0.25, 0.3) is 0 Å². The van der Waals surface area contributed by atoms with Gasteiger partial charge in [-0.15, -0.1) is 0 Å². The summed E-state index contributed by atoms with van der Waals surface area (Å²) in [5.41, 5.74) is 0. The summed E-state index contributed by atoms with van der Waals surface area (Å²) in [6, 6.07) is 0. The van der Waals surface area contributed by atoms with E-state index >= 15 is 0 Å². The van der Waals surface area contributed by atoms with Gasteiger partial charge in [0.05, 0.1) is 0 Å². The number of hydrogen-bond acceptors (Lipinski definition) is 0. The summed E-state index contributed by atoms with van der Waals surface area (Å²) in [7, 11) is 0. The Morgan fingerprint density at radius 3 is 1.25 bits per heavy atom. The Kier molecular flexibility index (Phi) is 16.5. The van der Waals surface area contributed by atoms with Gasteiger partial charge in [-0.3, -0.25) is 0 Å². The maximum Gasteiger partial charge on any atom is -0.0417 e. The molecule has 0 aromatic carbocycles. The maximum absolute atomic E-state index is 4.09. The number of hydrogen-bond donors (Lipinski definition) is 0. The van der Waals surface area contributed by atoms with Crippen molar-refractivity contribution in [1.29, 1.82) is 0 Å². The van der Waals surface area contributed by atoms with Gasteiger partial charge in [0, 0.05) is 0 Å². The molecule has 0 bridgehead atoms. The van der Waals surface area contributed by atoms with Crippen LogP contribution in [0.5, 0.6) is 0 Å². The van der Waals surface area contributed by atoms with E-state index in [1.807, 2.05) is 0 Å². The van der Waals surface area contributed by atoms with E-state index in [9.17, 15) is 0 Å². The Bertz CT molecular complexity index is 240. The van der Waals surface area contributed by atoms with Crippen LogP contribution in [-0.4, -0.2) is 0 Å². The molecule has 0 amide bonds. The Balaban J connectivity index is 3.84. The molecule has 1 radical (unpaired) electrons. The van der Waals surface area contributed by atoms with E-state index in [0.717, 1.165) is 30.1 Å². The van der Waals surface area contributed by atoms with Gasteiger partial charge in [0.25, 0.3) is 0 Å². The lowest BCUT2D eigenvalue weighted by Gasteiger charge is -2.20. The zero-order valence-corrected chi connectivity index (χ0v) is 17.9. The Morgan fingerprint density at radius 2 is 0.917 bits per heavy atom. The van der Waals surface area contributed by atoms with E-state index in [1.54, 1.807) is 0 Å². The molecular weight excluding hydrogens is 288 g/mol. The quantitative estimate of drug-likeness (QED) is 0.248. The maximum atomic E-state index is 4.09. The van der Waals surface area contributed by atoms with Gasteiger partial charge in [-0.25, -0.2) is 0 Å². The summed E-state index contributed by atoms with van der Waals surface area (Å²) in [5, 5.41) is 0. The highest BCUT2D eigenvalue weighted by atomic mass is 14.2. The van der Waals surface area contributed by atoms with Crippen LogP contribution in [0.4, 0.5) is 0 Å². The third-order valence-electron chi connectivity index (χ3n) is 6.60. The van der Waals surface area contributed by atoms with Gasteiger partial charge in [-0.1, -0.05) is 131 Å². The van der Waals surface area contributed by atoms with Crippen LogP contribution in [-0.2, 0) is 0 Å². The lowest BCUT2D eigenvalue weighted by molar-refractivity contribution is 0.336. The average Bonchev–Trinajstić information content (AvgIpc) is 2.61. The minimum Gasteiger partial charge on any atom is -0.0651 e. The standard InChI is InChI=1S/C24H49/c1-7-21(6)15-12-17-23(10-4)19-14-20-24(11-5)18-13-16-22(8-2)9-3/h21-24H,2,7-20H2,1,3-6H3. The topological polar surface area (TPSA) is 0 Å². The second kappa shape index (κ2) is 16.5. The zero-order valence-electron chi connectivity index (χ0n) is 17.9. The van der Waals surface area contributed by atoms with Crippen LogP contribution < -0.4 is 0 Å². The van der Waals surface area contributed by atoms with Gasteiger partial charge in [0.15, 0.2) is 0 Å². The third kappa shape index (κ3) is 12.4. The molecule has 0 aliphatic carbocycles. The lowest BCUT2D eigenvalue weighted by Crippen LogP contribution is -2.05. The first kappa shape index (κ1) is 24.0. The molecule has 0 aromatic rings. The Labute approximate surface area is 155 Å². The molecular formula is C24H49. The molecule has 0 aliphatic rings. The molecule has 0 aromatic heterocycles. The summed E-state index contributed by atoms with van der Waals surface area (Å²) in [4.78, 5) is 0. The number of rotatable bonds is 17. The predicted octanol–water partition coefficient (Wildman–Crippen LogP) is 8.85. The van der Waals surface area contributed by atoms with Gasteiger partial charge in [0.2, 0.25) is 0 Å². The van der Waals surface area contributed by atoms with Crippen molar-refractivity contribution in [3.8, 4) is 0 Å². The van der Waals surface area contributed by atoms with E-state index in [0.29, 0.717) is 0 Å². The molecule has 0 heterocycles. The first-order valence-electron chi connectivity index (χ1n) is 11.4. The highest BCUT2D eigenvalue weighted by Gasteiger charge is 2.11. The molecule has 0 fully saturated rings. The summed E-state index contributed by atoms with van der Waals surface area (Å²) in [5.74, 6) is 3.77. The second-order valence-corrected chi connectivity index (χ2v) is 8.42. The molecule has 4 unspecified atom stereocenters. The van der Waals surface area contributed by atoms with Crippen molar-refractivity contribution in [2.24, 2.45) is 23.7 Å². The highest BCUT2D eigenvalue weighted by Crippen LogP contribution is 2.26. The van der Waals surface area contributed by atoms with Crippen molar-refractivity contribution >= 4 is 0 Å². The summed E-state index contributed by atoms with van der Waals surface area (Å²) in [6.07, 6.45) is 19.6. The van der Waals surface area contributed by atoms with E-state index < -0.39 is 0 Å². The van der Waals surface area contributed by atoms with Crippen LogP contribution in [0.15, 0.2) is 0 Å². The molecule has 4 atom stereocenters. The summed E-state index contributed by atoms with van der Waals surface area (Å²) in [6.45, 7) is 15.9. The molecule has 0 rings (SSSR count). The normalized spacial score (nSPS) is 15.6. The van der Waals surface area contributed by atoms with Crippen molar-refractivity contribution in [2.45, 2.75) is 125 Å². The Hall–Kier alpha value is 0.